The lowest BCUT2D eigenvalue weighted by molar-refractivity contribution is -0.137. The van der Waals surface area contributed by atoms with Crippen LogP contribution in [0, 0.1) is 0 Å². The number of nitrogens with zero attached hydrogens (tertiary/aromatic N) is 3. The number of pyridine rings is 1. The molecule has 4 heterocycles. The van der Waals surface area contributed by atoms with Gasteiger partial charge in [0.2, 0.25) is 0 Å². The third-order valence-corrected chi connectivity index (χ3v) is 5.88. The van der Waals surface area contributed by atoms with E-state index >= 15 is 0 Å². The molecule has 32 heavy (non-hydrogen) atoms. The molecule has 6 rings (SSSR count). The summed E-state index contributed by atoms with van der Waals surface area (Å²) < 4.78 is 45.2. The number of alkyl halides is 3. The van der Waals surface area contributed by atoms with Gasteiger partial charge in [-0.2, -0.15) is 13.2 Å². The Morgan fingerprint density at radius 2 is 1.72 bits per heavy atom. The highest BCUT2D eigenvalue weighted by Gasteiger charge is 2.38. The van der Waals surface area contributed by atoms with Gasteiger partial charge in [0.15, 0.2) is 5.82 Å². The number of carbonyl (C=O) groups is 1. The molecule has 0 saturated carbocycles. The number of anilines is 2. The monoisotopic (exact) mass is 439 g/mol. The fraction of sp³-hybridized carbons (Fsp3) is 0.250. The highest BCUT2D eigenvalue weighted by molar-refractivity contribution is 5.94. The van der Waals surface area contributed by atoms with E-state index in [1.807, 2.05) is 12.1 Å². The summed E-state index contributed by atoms with van der Waals surface area (Å²) in [6.45, 7) is 1.55. The van der Waals surface area contributed by atoms with Crippen molar-refractivity contribution in [1.82, 2.24) is 4.98 Å². The highest BCUT2D eigenvalue weighted by atomic mass is 19.4. The minimum Gasteiger partial charge on any atom is -0.410 e. The number of amides is 1. The Hall–Kier alpha value is -3.55. The van der Waals surface area contributed by atoms with Gasteiger partial charge in [0.05, 0.1) is 16.9 Å². The van der Waals surface area contributed by atoms with Gasteiger partial charge in [0.25, 0.3) is 0 Å². The number of fused-ring (bicyclic) bond motifs is 2. The maximum atomic E-state index is 13.2. The minimum absolute atomic E-state index is 0.0898. The number of halogens is 3. The zero-order chi connectivity index (χ0) is 22.3. The van der Waals surface area contributed by atoms with Crippen molar-refractivity contribution in [3.05, 3.63) is 72.3 Å². The van der Waals surface area contributed by atoms with Crippen LogP contribution in [0.15, 0.2) is 66.7 Å². The van der Waals surface area contributed by atoms with Gasteiger partial charge in [-0.1, -0.05) is 30.3 Å². The number of carbonyl (C=O) groups excluding carboxylic acids is 1. The van der Waals surface area contributed by atoms with Crippen LogP contribution in [0.2, 0.25) is 0 Å². The molecule has 5 nitrogen and oxygen atoms in total. The second-order valence-corrected chi connectivity index (χ2v) is 7.89. The van der Waals surface area contributed by atoms with Crippen LogP contribution in [-0.2, 0) is 6.18 Å². The Balaban J connectivity index is 1.56. The molecular formula is C24H20F3N3O2. The van der Waals surface area contributed by atoms with Gasteiger partial charge < -0.3 is 9.64 Å². The van der Waals surface area contributed by atoms with Crippen molar-refractivity contribution in [1.29, 1.82) is 0 Å². The molecule has 0 radical (unpaired) electrons. The van der Waals surface area contributed by atoms with Gasteiger partial charge in [0.1, 0.15) is 5.75 Å². The first-order chi connectivity index (χ1) is 15.4. The van der Waals surface area contributed by atoms with Crippen molar-refractivity contribution in [3.8, 4) is 17.0 Å². The lowest BCUT2D eigenvalue weighted by atomic mass is 10.1. The Labute approximate surface area is 183 Å². The van der Waals surface area contributed by atoms with E-state index in [1.165, 1.54) is 6.07 Å². The second-order valence-electron chi connectivity index (χ2n) is 7.89. The lowest BCUT2D eigenvalue weighted by Crippen LogP contribution is -2.45. The van der Waals surface area contributed by atoms with Crippen molar-refractivity contribution in [2.75, 3.05) is 22.9 Å². The first-order valence-electron chi connectivity index (χ1n) is 10.4. The first kappa shape index (κ1) is 20.4. The molecule has 0 atom stereocenters. The lowest BCUT2D eigenvalue weighted by Gasteiger charge is -2.31. The fourth-order valence-corrected chi connectivity index (χ4v) is 4.29. The molecule has 1 saturated heterocycles. The normalized spacial score (nSPS) is 16.0. The van der Waals surface area contributed by atoms with Gasteiger partial charge in [-0.05, 0) is 49.2 Å². The SMILES string of the molecule is O=C(Oc1ccccc1)N1c2nc(-c3cccc(C(F)(F)F)c3)ccc2N2CCC1CC2. The molecular weight excluding hydrogens is 419 g/mol. The van der Waals surface area contributed by atoms with Crippen LogP contribution in [0.3, 0.4) is 0 Å². The molecule has 8 heteroatoms. The second kappa shape index (κ2) is 7.85. The molecule has 0 aliphatic carbocycles. The predicted molar refractivity (Wildman–Crippen MR) is 115 cm³/mol. The summed E-state index contributed by atoms with van der Waals surface area (Å²) in [5.41, 5.74) is 0.752. The molecule has 164 valence electrons. The van der Waals surface area contributed by atoms with E-state index in [0.717, 1.165) is 43.8 Å². The summed E-state index contributed by atoms with van der Waals surface area (Å²) in [6, 6.07) is 17.3. The topological polar surface area (TPSA) is 45.7 Å². The Bertz CT molecular complexity index is 1140. The largest absolute Gasteiger partial charge is 0.421 e. The summed E-state index contributed by atoms with van der Waals surface area (Å²) in [5, 5.41) is 0. The molecule has 2 aromatic carbocycles. The van der Waals surface area contributed by atoms with Crippen LogP contribution in [0.4, 0.5) is 29.5 Å². The van der Waals surface area contributed by atoms with Gasteiger partial charge in [0, 0.05) is 24.7 Å². The Morgan fingerprint density at radius 1 is 0.969 bits per heavy atom. The van der Waals surface area contributed by atoms with Crippen LogP contribution in [0.25, 0.3) is 11.3 Å². The molecule has 1 aromatic heterocycles. The number of piperidine rings is 1. The average Bonchev–Trinajstić information content (AvgIpc) is 3.05. The number of benzene rings is 2. The van der Waals surface area contributed by atoms with Crippen LogP contribution >= 0.6 is 0 Å². The molecule has 3 aromatic rings. The van der Waals surface area contributed by atoms with Gasteiger partial charge >= 0.3 is 12.3 Å². The smallest absolute Gasteiger partial charge is 0.410 e. The fourth-order valence-electron chi connectivity index (χ4n) is 4.29. The Kier molecular flexibility index (Phi) is 5.00. The predicted octanol–water partition coefficient (Wildman–Crippen LogP) is 5.76. The molecule has 1 amide bonds. The van der Waals surface area contributed by atoms with Crippen molar-refractivity contribution in [2.24, 2.45) is 0 Å². The third kappa shape index (κ3) is 3.77. The van der Waals surface area contributed by atoms with Crippen molar-refractivity contribution >= 4 is 17.6 Å². The van der Waals surface area contributed by atoms with Crippen molar-refractivity contribution in [3.63, 3.8) is 0 Å². The van der Waals surface area contributed by atoms with E-state index < -0.39 is 17.8 Å². The molecule has 0 unspecified atom stereocenters. The first-order valence-corrected chi connectivity index (χ1v) is 10.4. The summed E-state index contributed by atoms with van der Waals surface area (Å²) >= 11 is 0. The Morgan fingerprint density at radius 3 is 2.44 bits per heavy atom. The number of ether oxygens (including phenoxy) is 1. The van der Waals surface area contributed by atoms with E-state index in [9.17, 15) is 18.0 Å². The standard InChI is InChI=1S/C24H20F3N3O2/c25-24(26,27)17-6-4-5-16(15-17)20-9-10-21-22(28-20)30(18-11-13-29(21)14-12-18)23(31)32-19-7-2-1-3-8-19/h1-10,15,18H,11-14H2. The van der Waals surface area contributed by atoms with Crippen LogP contribution in [0.1, 0.15) is 18.4 Å². The highest BCUT2D eigenvalue weighted by Crippen LogP contribution is 2.40. The quantitative estimate of drug-likeness (QED) is 0.510. The zero-order valence-electron chi connectivity index (χ0n) is 17.0. The number of hydrogen-bond donors (Lipinski definition) is 0. The van der Waals surface area contributed by atoms with E-state index in [4.69, 9.17) is 4.74 Å². The maximum Gasteiger partial charge on any atom is 0.421 e. The summed E-state index contributed by atoms with van der Waals surface area (Å²) in [5.74, 6) is 0.841. The van der Waals surface area contributed by atoms with E-state index in [2.05, 4.69) is 9.88 Å². The van der Waals surface area contributed by atoms with Crippen molar-refractivity contribution in [2.45, 2.75) is 25.1 Å². The molecule has 0 spiro atoms. The summed E-state index contributed by atoms with van der Waals surface area (Å²) in [6.07, 6.45) is -3.46. The van der Waals surface area contributed by atoms with Crippen LogP contribution in [-0.4, -0.2) is 30.2 Å². The maximum absolute atomic E-state index is 13.2. The molecule has 2 bridgehead atoms. The minimum atomic E-state index is -4.45. The summed E-state index contributed by atoms with van der Waals surface area (Å²) in [7, 11) is 0. The number of para-hydroxylation sites is 1. The third-order valence-electron chi connectivity index (χ3n) is 5.88. The number of aromatic nitrogens is 1. The van der Waals surface area contributed by atoms with Gasteiger partial charge in [-0.25, -0.2) is 9.78 Å². The van der Waals surface area contributed by atoms with E-state index in [-0.39, 0.29) is 6.04 Å². The van der Waals surface area contributed by atoms with Gasteiger partial charge in [-0.15, -0.1) is 0 Å². The average molecular weight is 439 g/mol. The number of hydrogen-bond acceptors (Lipinski definition) is 4. The molecule has 1 fully saturated rings. The molecule has 0 N–H and O–H groups in total. The van der Waals surface area contributed by atoms with Gasteiger partial charge in [-0.3, -0.25) is 4.90 Å². The summed E-state index contributed by atoms with van der Waals surface area (Å²) in [4.78, 5) is 21.6. The van der Waals surface area contributed by atoms with Crippen LogP contribution in [0.5, 0.6) is 5.75 Å². The molecule has 3 aliphatic heterocycles. The van der Waals surface area contributed by atoms with Crippen molar-refractivity contribution < 1.29 is 22.7 Å². The van der Waals surface area contributed by atoms with E-state index in [1.54, 1.807) is 41.3 Å². The van der Waals surface area contributed by atoms with Crippen LogP contribution < -0.4 is 14.5 Å². The van der Waals surface area contributed by atoms with E-state index in [0.29, 0.717) is 22.8 Å². The zero-order valence-corrected chi connectivity index (χ0v) is 17.0. The molecule has 3 aliphatic rings. The number of rotatable bonds is 2.